The molecule has 8 nitrogen and oxygen atoms in total. The number of allylic oxidation sites excluding steroid dienone is 2. The van der Waals surface area contributed by atoms with Gasteiger partial charge in [0.25, 0.3) is 0 Å². The SMILES string of the molecule is C=CCC(CN)(CC=C)CCOCCOCCOCCOCCOCCOCCOC. The Hall–Kier alpha value is -0.840. The number of ether oxygens (including phenoxy) is 7. The van der Waals surface area contributed by atoms with Crippen LogP contribution in [0.4, 0.5) is 0 Å². The minimum atomic E-state index is 0.00485. The van der Waals surface area contributed by atoms with E-state index >= 15 is 0 Å². The Balaban J connectivity index is 3.31. The predicted octanol–water partition coefficient (Wildman–Crippen LogP) is 2.22. The summed E-state index contributed by atoms with van der Waals surface area (Å²) < 4.78 is 37.6. The second-order valence-corrected chi connectivity index (χ2v) is 7.11. The number of methoxy groups -OCH3 is 1. The molecular formula is C23H45NO7. The van der Waals surface area contributed by atoms with Crippen LogP contribution in [0.3, 0.4) is 0 Å². The highest BCUT2D eigenvalue weighted by Gasteiger charge is 2.25. The van der Waals surface area contributed by atoms with Crippen LogP contribution in [0.2, 0.25) is 0 Å². The molecule has 0 spiro atoms. The maximum atomic E-state index is 5.95. The monoisotopic (exact) mass is 447 g/mol. The second-order valence-electron chi connectivity index (χ2n) is 7.11. The lowest BCUT2D eigenvalue weighted by atomic mass is 9.78. The van der Waals surface area contributed by atoms with Crippen molar-refractivity contribution in [2.75, 3.05) is 99.5 Å². The summed E-state index contributed by atoms with van der Waals surface area (Å²) in [7, 11) is 1.65. The van der Waals surface area contributed by atoms with Crippen LogP contribution in [0.5, 0.6) is 0 Å². The average Bonchev–Trinajstić information content (AvgIpc) is 2.78. The molecule has 184 valence electrons. The van der Waals surface area contributed by atoms with E-state index in [9.17, 15) is 0 Å². The summed E-state index contributed by atoms with van der Waals surface area (Å²) in [5.41, 5.74) is 5.96. The first-order chi connectivity index (χ1) is 15.2. The highest BCUT2D eigenvalue weighted by Crippen LogP contribution is 2.30. The third-order valence-corrected chi connectivity index (χ3v) is 4.66. The summed E-state index contributed by atoms with van der Waals surface area (Å²) in [5.74, 6) is 0. The standard InChI is InChI=1S/C23H45NO7/c1-4-6-23(22-24,7-5-2)8-9-26-12-13-28-16-17-30-20-21-31-19-18-29-15-14-27-11-10-25-3/h4-5H,1-2,6-22,24H2,3H3. The Morgan fingerprint density at radius 1 is 0.581 bits per heavy atom. The Kier molecular flexibility index (Phi) is 23.2. The molecule has 31 heavy (non-hydrogen) atoms. The van der Waals surface area contributed by atoms with Crippen molar-refractivity contribution in [1.29, 1.82) is 0 Å². The van der Waals surface area contributed by atoms with Gasteiger partial charge in [0.05, 0.1) is 79.3 Å². The largest absolute Gasteiger partial charge is 0.382 e. The van der Waals surface area contributed by atoms with E-state index in [1.807, 2.05) is 12.2 Å². The van der Waals surface area contributed by atoms with Crippen molar-refractivity contribution in [3.63, 3.8) is 0 Å². The van der Waals surface area contributed by atoms with Gasteiger partial charge in [-0.3, -0.25) is 0 Å². The first-order valence-corrected chi connectivity index (χ1v) is 11.1. The number of rotatable bonds is 26. The van der Waals surface area contributed by atoms with Gasteiger partial charge in [0.15, 0.2) is 0 Å². The Morgan fingerprint density at radius 3 is 1.19 bits per heavy atom. The molecule has 0 radical (unpaired) electrons. The first kappa shape index (κ1) is 30.2. The van der Waals surface area contributed by atoms with Crippen molar-refractivity contribution < 1.29 is 33.2 Å². The van der Waals surface area contributed by atoms with Gasteiger partial charge in [0, 0.05) is 13.7 Å². The lowest BCUT2D eigenvalue weighted by Crippen LogP contribution is -2.31. The van der Waals surface area contributed by atoms with Gasteiger partial charge in [-0.25, -0.2) is 0 Å². The summed E-state index contributed by atoms with van der Waals surface area (Å²) in [6.07, 6.45) is 6.46. The molecule has 0 aliphatic rings. The summed E-state index contributed by atoms with van der Waals surface area (Å²) in [4.78, 5) is 0. The molecule has 0 aliphatic heterocycles. The summed E-state index contributed by atoms with van der Waals surface area (Å²) >= 11 is 0. The van der Waals surface area contributed by atoms with Crippen LogP contribution in [0, 0.1) is 5.41 Å². The van der Waals surface area contributed by atoms with Gasteiger partial charge in [-0.15, -0.1) is 13.2 Å². The van der Waals surface area contributed by atoms with Crippen LogP contribution in [-0.2, 0) is 33.2 Å². The Labute approximate surface area is 189 Å². The molecule has 8 heteroatoms. The first-order valence-electron chi connectivity index (χ1n) is 11.1. The van der Waals surface area contributed by atoms with Gasteiger partial charge in [0.2, 0.25) is 0 Å². The fourth-order valence-corrected chi connectivity index (χ4v) is 2.80. The van der Waals surface area contributed by atoms with Crippen molar-refractivity contribution in [1.82, 2.24) is 0 Å². The Morgan fingerprint density at radius 2 is 0.903 bits per heavy atom. The predicted molar refractivity (Wildman–Crippen MR) is 123 cm³/mol. The highest BCUT2D eigenvalue weighted by molar-refractivity contribution is 4.92. The van der Waals surface area contributed by atoms with E-state index in [0.29, 0.717) is 92.4 Å². The third kappa shape index (κ3) is 19.6. The van der Waals surface area contributed by atoms with Crippen LogP contribution < -0.4 is 5.73 Å². The van der Waals surface area contributed by atoms with Crippen molar-refractivity contribution in [2.24, 2.45) is 11.1 Å². The molecule has 0 saturated heterocycles. The molecule has 0 bridgehead atoms. The van der Waals surface area contributed by atoms with Gasteiger partial charge in [-0.1, -0.05) is 12.2 Å². The fraction of sp³-hybridized carbons (Fsp3) is 0.826. The molecule has 0 aliphatic carbocycles. The van der Waals surface area contributed by atoms with Gasteiger partial charge in [-0.2, -0.15) is 0 Å². The molecule has 0 aromatic heterocycles. The molecule has 0 saturated carbocycles. The van der Waals surface area contributed by atoms with Crippen molar-refractivity contribution in [2.45, 2.75) is 19.3 Å². The van der Waals surface area contributed by atoms with Crippen LogP contribution in [0.15, 0.2) is 25.3 Å². The minimum absolute atomic E-state index is 0.00485. The maximum absolute atomic E-state index is 5.95. The van der Waals surface area contributed by atoms with E-state index in [2.05, 4.69) is 13.2 Å². The van der Waals surface area contributed by atoms with E-state index < -0.39 is 0 Å². The molecule has 0 heterocycles. The zero-order chi connectivity index (χ0) is 22.9. The van der Waals surface area contributed by atoms with Gasteiger partial charge in [-0.05, 0) is 31.2 Å². The molecule has 0 atom stereocenters. The lowest BCUT2D eigenvalue weighted by molar-refractivity contribution is -0.0200. The number of hydrogen-bond donors (Lipinski definition) is 1. The van der Waals surface area contributed by atoms with E-state index in [-0.39, 0.29) is 5.41 Å². The van der Waals surface area contributed by atoms with E-state index in [1.165, 1.54) is 0 Å². The molecule has 0 unspecified atom stereocenters. The maximum Gasteiger partial charge on any atom is 0.0701 e. The second kappa shape index (κ2) is 23.8. The van der Waals surface area contributed by atoms with Crippen LogP contribution in [0.25, 0.3) is 0 Å². The van der Waals surface area contributed by atoms with Crippen molar-refractivity contribution in [3.05, 3.63) is 25.3 Å². The molecule has 0 amide bonds. The van der Waals surface area contributed by atoms with E-state index in [0.717, 1.165) is 19.3 Å². The molecule has 2 N–H and O–H groups in total. The van der Waals surface area contributed by atoms with Crippen LogP contribution in [-0.4, -0.2) is 99.5 Å². The van der Waals surface area contributed by atoms with E-state index in [1.54, 1.807) is 7.11 Å². The zero-order valence-electron chi connectivity index (χ0n) is 19.5. The lowest BCUT2D eigenvalue weighted by Gasteiger charge is -2.30. The number of nitrogens with two attached hydrogens (primary N) is 1. The normalized spacial score (nSPS) is 11.7. The fourth-order valence-electron chi connectivity index (χ4n) is 2.80. The van der Waals surface area contributed by atoms with Gasteiger partial charge < -0.3 is 38.9 Å². The number of hydrogen-bond acceptors (Lipinski definition) is 8. The molecule has 0 rings (SSSR count). The summed E-state index contributed by atoms with van der Waals surface area (Å²) in [6, 6.07) is 0. The Bertz CT molecular complexity index is 386. The molecular weight excluding hydrogens is 402 g/mol. The van der Waals surface area contributed by atoms with Crippen LogP contribution >= 0.6 is 0 Å². The van der Waals surface area contributed by atoms with Crippen LogP contribution in [0.1, 0.15) is 19.3 Å². The molecule has 0 aromatic rings. The highest BCUT2D eigenvalue weighted by atomic mass is 16.6. The summed E-state index contributed by atoms with van der Waals surface area (Å²) in [5, 5.41) is 0. The molecule has 0 aromatic carbocycles. The van der Waals surface area contributed by atoms with Crippen molar-refractivity contribution in [3.8, 4) is 0 Å². The topological polar surface area (TPSA) is 90.6 Å². The van der Waals surface area contributed by atoms with Gasteiger partial charge >= 0.3 is 0 Å². The smallest absolute Gasteiger partial charge is 0.0701 e. The third-order valence-electron chi connectivity index (χ3n) is 4.66. The minimum Gasteiger partial charge on any atom is -0.382 e. The van der Waals surface area contributed by atoms with E-state index in [4.69, 9.17) is 38.9 Å². The summed E-state index contributed by atoms with van der Waals surface area (Å²) in [6.45, 7) is 15.6. The van der Waals surface area contributed by atoms with Gasteiger partial charge in [0.1, 0.15) is 0 Å². The molecule has 0 fully saturated rings. The zero-order valence-corrected chi connectivity index (χ0v) is 19.5. The van der Waals surface area contributed by atoms with Crippen molar-refractivity contribution >= 4 is 0 Å². The quantitative estimate of drug-likeness (QED) is 0.159. The average molecular weight is 448 g/mol.